The summed E-state index contributed by atoms with van der Waals surface area (Å²) in [6.45, 7) is 4.56. The first-order valence-electron chi connectivity index (χ1n) is 5.89. The van der Waals surface area contributed by atoms with Gasteiger partial charge in [0.05, 0.1) is 20.3 Å². The molecule has 0 aliphatic rings. The van der Waals surface area contributed by atoms with Gasteiger partial charge in [0.2, 0.25) is 5.16 Å². The molecule has 0 aromatic carbocycles. The van der Waals surface area contributed by atoms with Crippen molar-refractivity contribution in [2.24, 2.45) is 0 Å². The number of esters is 1. The molecule has 1 aromatic rings. The molecule has 1 atom stereocenters. The van der Waals surface area contributed by atoms with E-state index in [1.54, 1.807) is 18.7 Å². The van der Waals surface area contributed by atoms with Crippen LogP contribution in [0.2, 0.25) is 0 Å². The average Bonchev–Trinajstić information content (AvgIpc) is 2.85. The summed E-state index contributed by atoms with van der Waals surface area (Å²) in [4.78, 5) is 11.3. The van der Waals surface area contributed by atoms with Crippen LogP contribution in [0.5, 0.6) is 0 Å². The topological polar surface area (TPSA) is 91.2 Å². The maximum Gasteiger partial charge on any atom is 0.318 e. The fourth-order valence-electron chi connectivity index (χ4n) is 1.28. The van der Waals surface area contributed by atoms with E-state index in [2.05, 4.69) is 25.6 Å². The Labute approximate surface area is 116 Å². The lowest BCUT2D eigenvalue weighted by Gasteiger charge is -2.09. The molecule has 0 spiro atoms. The van der Waals surface area contributed by atoms with E-state index < -0.39 is 0 Å². The van der Waals surface area contributed by atoms with Crippen LogP contribution in [0.15, 0.2) is 5.16 Å². The van der Waals surface area contributed by atoms with Gasteiger partial charge in [0.25, 0.3) is 0 Å². The Balaban J connectivity index is 2.39. The van der Waals surface area contributed by atoms with Crippen LogP contribution in [-0.4, -0.2) is 65.3 Å². The molecule has 0 aliphatic carbocycles. The van der Waals surface area contributed by atoms with Gasteiger partial charge >= 0.3 is 5.97 Å². The van der Waals surface area contributed by atoms with Crippen LogP contribution < -0.4 is 5.32 Å². The highest BCUT2D eigenvalue weighted by Gasteiger charge is 2.18. The lowest BCUT2D eigenvalue weighted by molar-refractivity contribution is -0.139. The molecule has 0 saturated heterocycles. The highest BCUT2D eigenvalue weighted by Crippen LogP contribution is 2.20. The number of methoxy groups -OCH3 is 2. The number of ether oxygens (including phenoxy) is 2. The third-order valence-corrected chi connectivity index (χ3v) is 3.35. The Bertz CT molecular complexity index is 387. The number of rotatable bonds is 9. The average molecular weight is 289 g/mol. The van der Waals surface area contributed by atoms with Gasteiger partial charge in [-0.25, -0.2) is 4.68 Å². The number of aromatic nitrogens is 4. The molecule has 0 fully saturated rings. The van der Waals surface area contributed by atoms with Gasteiger partial charge in [-0.05, 0) is 17.4 Å². The summed E-state index contributed by atoms with van der Waals surface area (Å²) in [7, 11) is 3.02. The Kier molecular flexibility index (Phi) is 7.38. The number of hydrogen-bond donors (Lipinski definition) is 1. The number of nitrogens with zero attached hydrogens (tertiary/aromatic N) is 4. The van der Waals surface area contributed by atoms with Crippen molar-refractivity contribution in [2.75, 3.05) is 33.9 Å². The predicted molar refractivity (Wildman–Crippen MR) is 69.9 cm³/mol. The second-order valence-electron chi connectivity index (χ2n) is 3.71. The van der Waals surface area contributed by atoms with Crippen LogP contribution in [-0.2, 0) is 20.8 Å². The van der Waals surface area contributed by atoms with Gasteiger partial charge in [-0.1, -0.05) is 11.8 Å². The molecule has 1 heterocycles. The minimum absolute atomic E-state index is 0.294. The van der Waals surface area contributed by atoms with Gasteiger partial charge in [0, 0.05) is 20.2 Å². The standard InChI is InChI=1S/C10H19N5O3S/c1-8(9(16)18-3)19-10-12-13-14-15(10)6-4-11-5-7-17-2/h8,11H,4-7H2,1-3H3. The van der Waals surface area contributed by atoms with Crippen LogP contribution in [0.3, 0.4) is 0 Å². The van der Waals surface area contributed by atoms with Crippen LogP contribution in [0.1, 0.15) is 6.92 Å². The monoisotopic (exact) mass is 289 g/mol. The second-order valence-corrected chi connectivity index (χ2v) is 5.02. The molecular formula is C10H19N5O3S. The van der Waals surface area contributed by atoms with Gasteiger partial charge < -0.3 is 14.8 Å². The number of carbonyl (C=O) groups is 1. The first kappa shape index (κ1) is 15.9. The quantitative estimate of drug-likeness (QED) is 0.372. The van der Waals surface area contributed by atoms with Crippen molar-refractivity contribution in [3.05, 3.63) is 0 Å². The Morgan fingerprint density at radius 1 is 1.47 bits per heavy atom. The predicted octanol–water partition coefficient (Wildman–Crippen LogP) is -0.437. The Hall–Kier alpha value is -1.19. The van der Waals surface area contributed by atoms with E-state index in [9.17, 15) is 4.79 Å². The SMILES string of the molecule is COCCNCCn1nnnc1SC(C)C(=O)OC. The number of hydrogen-bond acceptors (Lipinski definition) is 8. The first-order chi connectivity index (χ1) is 9.19. The summed E-state index contributed by atoms with van der Waals surface area (Å²) in [5.41, 5.74) is 0. The fraction of sp³-hybridized carbons (Fsp3) is 0.800. The first-order valence-corrected chi connectivity index (χ1v) is 6.77. The zero-order chi connectivity index (χ0) is 14.1. The van der Waals surface area contributed by atoms with Crippen molar-refractivity contribution in [2.45, 2.75) is 23.9 Å². The molecule has 108 valence electrons. The van der Waals surface area contributed by atoms with E-state index in [1.165, 1.54) is 18.9 Å². The molecule has 8 nitrogen and oxygen atoms in total. The third kappa shape index (κ3) is 5.53. The van der Waals surface area contributed by atoms with Gasteiger partial charge in [0.1, 0.15) is 5.25 Å². The molecule has 1 rings (SSSR count). The third-order valence-electron chi connectivity index (χ3n) is 2.30. The smallest absolute Gasteiger partial charge is 0.318 e. The molecule has 1 unspecified atom stereocenters. The summed E-state index contributed by atoms with van der Waals surface area (Å²) >= 11 is 1.28. The van der Waals surface area contributed by atoms with Crippen LogP contribution in [0.4, 0.5) is 0 Å². The van der Waals surface area contributed by atoms with Crippen molar-refractivity contribution in [3.8, 4) is 0 Å². The highest BCUT2D eigenvalue weighted by molar-refractivity contribution is 8.00. The summed E-state index contributed by atoms with van der Waals surface area (Å²) in [5, 5.41) is 14.9. The Morgan fingerprint density at radius 3 is 2.95 bits per heavy atom. The molecule has 1 N–H and O–H groups in total. The zero-order valence-corrected chi connectivity index (χ0v) is 12.1. The van der Waals surface area contributed by atoms with Gasteiger partial charge in [-0.15, -0.1) is 5.10 Å². The van der Waals surface area contributed by atoms with Gasteiger partial charge in [0.15, 0.2) is 0 Å². The maximum atomic E-state index is 11.3. The molecule has 0 saturated carbocycles. The number of thioether (sulfide) groups is 1. The van der Waals surface area contributed by atoms with Crippen molar-refractivity contribution in [3.63, 3.8) is 0 Å². The molecular weight excluding hydrogens is 270 g/mol. The fourth-order valence-corrected chi connectivity index (χ4v) is 2.12. The molecule has 0 amide bonds. The van der Waals surface area contributed by atoms with E-state index >= 15 is 0 Å². The number of nitrogens with one attached hydrogen (secondary N) is 1. The van der Waals surface area contributed by atoms with E-state index in [-0.39, 0.29) is 11.2 Å². The molecule has 0 aliphatic heterocycles. The number of tetrazole rings is 1. The van der Waals surface area contributed by atoms with Crippen molar-refractivity contribution in [1.82, 2.24) is 25.5 Å². The maximum absolute atomic E-state index is 11.3. The second kappa shape index (κ2) is 8.83. The van der Waals surface area contributed by atoms with E-state index in [0.29, 0.717) is 18.3 Å². The molecule has 1 aromatic heterocycles. The lowest BCUT2D eigenvalue weighted by atomic mass is 10.5. The van der Waals surface area contributed by atoms with E-state index in [1.807, 2.05) is 0 Å². The molecule has 0 bridgehead atoms. The van der Waals surface area contributed by atoms with Crippen molar-refractivity contribution in [1.29, 1.82) is 0 Å². The normalized spacial score (nSPS) is 12.4. The minimum Gasteiger partial charge on any atom is -0.468 e. The molecule has 0 radical (unpaired) electrons. The van der Waals surface area contributed by atoms with Crippen molar-refractivity contribution >= 4 is 17.7 Å². The highest BCUT2D eigenvalue weighted by atomic mass is 32.2. The van der Waals surface area contributed by atoms with Crippen LogP contribution in [0.25, 0.3) is 0 Å². The summed E-state index contributed by atoms with van der Waals surface area (Å²) < 4.78 is 11.2. The van der Waals surface area contributed by atoms with Gasteiger partial charge in [-0.2, -0.15) is 0 Å². The number of carbonyl (C=O) groups excluding carboxylic acids is 1. The van der Waals surface area contributed by atoms with Crippen LogP contribution >= 0.6 is 11.8 Å². The van der Waals surface area contributed by atoms with Crippen LogP contribution in [0, 0.1) is 0 Å². The Morgan fingerprint density at radius 2 is 2.26 bits per heavy atom. The zero-order valence-electron chi connectivity index (χ0n) is 11.3. The lowest BCUT2D eigenvalue weighted by Crippen LogP contribution is -2.24. The molecule has 9 heteroatoms. The molecule has 19 heavy (non-hydrogen) atoms. The summed E-state index contributed by atoms with van der Waals surface area (Å²) in [6.07, 6.45) is 0. The van der Waals surface area contributed by atoms with Gasteiger partial charge in [-0.3, -0.25) is 4.79 Å². The van der Waals surface area contributed by atoms with E-state index in [0.717, 1.165) is 13.1 Å². The van der Waals surface area contributed by atoms with Crippen molar-refractivity contribution < 1.29 is 14.3 Å². The summed E-state index contributed by atoms with van der Waals surface area (Å²) in [6, 6.07) is 0. The minimum atomic E-state index is -0.337. The van der Waals surface area contributed by atoms with E-state index in [4.69, 9.17) is 4.74 Å². The largest absolute Gasteiger partial charge is 0.468 e. The summed E-state index contributed by atoms with van der Waals surface area (Å²) in [5.74, 6) is -0.294.